The van der Waals surface area contributed by atoms with Crippen molar-refractivity contribution in [2.45, 2.75) is 51.1 Å². The van der Waals surface area contributed by atoms with Gasteiger partial charge in [-0.2, -0.15) is 0 Å². The van der Waals surface area contributed by atoms with Crippen molar-refractivity contribution in [3.8, 4) is 0 Å². The summed E-state index contributed by atoms with van der Waals surface area (Å²) < 4.78 is 0. The number of nitrogens with zero attached hydrogens (tertiary/aromatic N) is 2. The van der Waals surface area contributed by atoms with E-state index in [1.165, 1.54) is 0 Å². The van der Waals surface area contributed by atoms with Crippen LogP contribution < -0.4 is 5.32 Å². The van der Waals surface area contributed by atoms with E-state index < -0.39 is 5.97 Å². The molecule has 2 aliphatic rings. The zero-order valence-corrected chi connectivity index (χ0v) is 13.4. The number of aliphatic carboxylic acids is 1. The van der Waals surface area contributed by atoms with Crippen LogP contribution in [0.1, 0.15) is 48.7 Å². The summed E-state index contributed by atoms with van der Waals surface area (Å²) in [6.45, 7) is 2.85. The monoisotopic (exact) mass is 317 g/mol. The van der Waals surface area contributed by atoms with E-state index in [2.05, 4.69) is 10.3 Å². The van der Waals surface area contributed by atoms with Crippen LogP contribution in [0.15, 0.2) is 12.1 Å². The summed E-state index contributed by atoms with van der Waals surface area (Å²) in [6.07, 6.45) is 4.24. The van der Waals surface area contributed by atoms with Crippen LogP contribution in [0.5, 0.6) is 0 Å². The molecule has 1 heterocycles. The highest BCUT2D eigenvalue weighted by molar-refractivity contribution is 5.98. The standard InChI is InChI=1S/C17H23N3O3/c1-2-20(10-17(22)23)12-8-11(9-12)18-16-7-6-13-14(19-16)4-3-5-15(13)21/h6-7,11-12H,2-5,8-10H2,1H3,(H,18,19)(H,22,23). The maximum atomic E-state index is 11.8. The molecule has 6 heteroatoms. The number of anilines is 1. The number of aromatic nitrogens is 1. The number of likely N-dealkylation sites (N-methyl/N-ethyl adjacent to an activating group) is 1. The molecule has 124 valence electrons. The molecule has 0 atom stereocenters. The summed E-state index contributed by atoms with van der Waals surface area (Å²) in [4.78, 5) is 29.2. The molecule has 2 N–H and O–H groups in total. The number of ketones is 1. The number of aryl methyl sites for hydroxylation is 1. The Balaban J connectivity index is 1.56. The van der Waals surface area contributed by atoms with Crippen molar-refractivity contribution in [1.82, 2.24) is 9.88 Å². The van der Waals surface area contributed by atoms with Crippen LogP contribution in [-0.4, -0.2) is 51.9 Å². The highest BCUT2D eigenvalue weighted by atomic mass is 16.4. The molecule has 0 aromatic carbocycles. The van der Waals surface area contributed by atoms with Gasteiger partial charge in [0.2, 0.25) is 0 Å². The minimum absolute atomic E-state index is 0.104. The van der Waals surface area contributed by atoms with Gasteiger partial charge in [-0.1, -0.05) is 6.92 Å². The lowest BCUT2D eigenvalue weighted by Gasteiger charge is -2.42. The number of fused-ring (bicyclic) bond motifs is 1. The molecule has 3 rings (SSSR count). The van der Waals surface area contributed by atoms with Crippen LogP contribution in [0.25, 0.3) is 0 Å². The van der Waals surface area contributed by atoms with E-state index in [1.54, 1.807) is 0 Å². The molecule has 6 nitrogen and oxygen atoms in total. The Morgan fingerprint density at radius 3 is 2.87 bits per heavy atom. The third kappa shape index (κ3) is 3.52. The fourth-order valence-corrected chi connectivity index (χ4v) is 3.46. The second kappa shape index (κ2) is 6.66. The lowest BCUT2D eigenvalue weighted by molar-refractivity contribution is -0.139. The number of nitrogens with one attached hydrogen (secondary N) is 1. The van der Waals surface area contributed by atoms with Crippen molar-refractivity contribution in [2.24, 2.45) is 0 Å². The number of hydrogen-bond acceptors (Lipinski definition) is 5. The lowest BCUT2D eigenvalue weighted by atomic mass is 9.85. The Bertz CT molecular complexity index is 611. The summed E-state index contributed by atoms with van der Waals surface area (Å²) in [6, 6.07) is 4.41. The molecule has 0 radical (unpaired) electrons. The molecule has 1 aromatic rings. The summed E-state index contributed by atoms with van der Waals surface area (Å²) in [5.74, 6) is 0.244. The third-order valence-corrected chi connectivity index (χ3v) is 4.82. The second-order valence-electron chi connectivity index (χ2n) is 6.39. The van der Waals surface area contributed by atoms with Gasteiger partial charge in [-0.15, -0.1) is 0 Å². The number of hydrogen-bond donors (Lipinski definition) is 2. The Kier molecular flexibility index (Phi) is 4.61. The fraction of sp³-hybridized carbons (Fsp3) is 0.588. The van der Waals surface area contributed by atoms with Gasteiger partial charge in [0.05, 0.1) is 12.2 Å². The van der Waals surface area contributed by atoms with E-state index in [4.69, 9.17) is 5.11 Å². The first kappa shape index (κ1) is 15.9. The van der Waals surface area contributed by atoms with Crippen molar-refractivity contribution in [2.75, 3.05) is 18.4 Å². The van der Waals surface area contributed by atoms with Crippen molar-refractivity contribution < 1.29 is 14.7 Å². The van der Waals surface area contributed by atoms with Crippen LogP contribution in [0.4, 0.5) is 5.82 Å². The van der Waals surface area contributed by atoms with E-state index in [9.17, 15) is 9.59 Å². The zero-order chi connectivity index (χ0) is 16.4. The number of pyridine rings is 1. The average molecular weight is 317 g/mol. The molecule has 0 saturated heterocycles. The maximum Gasteiger partial charge on any atom is 0.317 e. The minimum Gasteiger partial charge on any atom is -0.480 e. The summed E-state index contributed by atoms with van der Waals surface area (Å²) in [5, 5.41) is 12.3. The summed E-state index contributed by atoms with van der Waals surface area (Å²) >= 11 is 0. The Hall–Kier alpha value is -1.95. The average Bonchev–Trinajstić information content (AvgIpc) is 2.48. The minimum atomic E-state index is -0.774. The molecule has 0 unspecified atom stereocenters. The van der Waals surface area contributed by atoms with E-state index in [-0.39, 0.29) is 12.3 Å². The predicted octanol–water partition coefficient (Wildman–Crippen LogP) is 1.95. The van der Waals surface area contributed by atoms with Crippen LogP contribution >= 0.6 is 0 Å². The van der Waals surface area contributed by atoms with Gasteiger partial charge in [0.1, 0.15) is 5.82 Å². The van der Waals surface area contributed by atoms with Crippen LogP contribution in [0.2, 0.25) is 0 Å². The van der Waals surface area contributed by atoms with E-state index in [0.29, 0.717) is 18.5 Å². The zero-order valence-electron chi connectivity index (χ0n) is 13.4. The maximum absolute atomic E-state index is 11.8. The molecule has 0 aliphatic heterocycles. The molecule has 1 saturated carbocycles. The first-order valence-corrected chi connectivity index (χ1v) is 8.32. The Morgan fingerprint density at radius 2 is 2.17 bits per heavy atom. The molecule has 2 aliphatic carbocycles. The molecule has 1 aromatic heterocycles. The lowest BCUT2D eigenvalue weighted by Crippen LogP contribution is -2.51. The van der Waals surface area contributed by atoms with Gasteiger partial charge in [0, 0.05) is 24.1 Å². The van der Waals surface area contributed by atoms with Gasteiger partial charge >= 0.3 is 5.97 Å². The van der Waals surface area contributed by atoms with Crippen molar-refractivity contribution >= 4 is 17.6 Å². The SMILES string of the molecule is CCN(CC(=O)O)C1CC(Nc2ccc3c(n2)CCCC3=O)C1. The number of carboxylic acids is 1. The fourth-order valence-electron chi connectivity index (χ4n) is 3.46. The number of carbonyl (C=O) groups is 2. The number of rotatable bonds is 6. The van der Waals surface area contributed by atoms with E-state index in [0.717, 1.165) is 49.3 Å². The van der Waals surface area contributed by atoms with E-state index in [1.807, 2.05) is 24.0 Å². The first-order chi connectivity index (χ1) is 11.1. The van der Waals surface area contributed by atoms with Gasteiger partial charge in [0.15, 0.2) is 5.78 Å². The largest absolute Gasteiger partial charge is 0.480 e. The Morgan fingerprint density at radius 1 is 1.39 bits per heavy atom. The van der Waals surface area contributed by atoms with Gasteiger partial charge in [-0.3, -0.25) is 14.5 Å². The van der Waals surface area contributed by atoms with Crippen molar-refractivity contribution in [3.63, 3.8) is 0 Å². The molecule has 0 bridgehead atoms. The predicted molar refractivity (Wildman–Crippen MR) is 86.8 cm³/mol. The summed E-state index contributed by atoms with van der Waals surface area (Å²) in [7, 11) is 0. The van der Waals surface area contributed by atoms with Gasteiger partial charge in [-0.25, -0.2) is 4.98 Å². The summed E-state index contributed by atoms with van der Waals surface area (Å²) in [5.41, 5.74) is 1.68. The smallest absolute Gasteiger partial charge is 0.317 e. The van der Waals surface area contributed by atoms with Crippen LogP contribution in [0, 0.1) is 0 Å². The molecule has 23 heavy (non-hydrogen) atoms. The number of Topliss-reactive ketones (excluding diaryl/α,β-unsaturated/α-hetero) is 1. The first-order valence-electron chi connectivity index (χ1n) is 8.32. The highest BCUT2D eigenvalue weighted by Crippen LogP contribution is 2.29. The number of carbonyl (C=O) groups excluding carboxylic acids is 1. The third-order valence-electron chi connectivity index (χ3n) is 4.82. The normalized spacial score (nSPS) is 23.3. The van der Waals surface area contributed by atoms with Crippen LogP contribution in [-0.2, 0) is 11.2 Å². The quantitative estimate of drug-likeness (QED) is 0.834. The molecular formula is C17H23N3O3. The van der Waals surface area contributed by atoms with Gasteiger partial charge in [-0.05, 0) is 44.4 Å². The second-order valence-corrected chi connectivity index (χ2v) is 6.39. The van der Waals surface area contributed by atoms with Gasteiger partial charge in [0.25, 0.3) is 0 Å². The van der Waals surface area contributed by atoms with Crippen molar-refractivity contribution in [3.05, 3.63) is 23.4 Å². The van der Waals surface area contributed by atoms with E-state index >= 15 is 0 Å². The molecule has 0 spiro atoms. The number of carboxylic acid groups (broad SMARTS) is 1. The van der Waals surface area contributed by atoms with Gasteiger partial charge < -0.3 is 10.4 Å². The highest BCUT2D eigenvalue weighted by Gasteiger charge is 2.34. The molecular weight excluding hydrogens is 294 g/mol. The Labute approximate surface area is 135 Å². The van der Waals surface area contributed by atoms with Crippen molar-refractivity contribution in [1.29, 1.82) is 0 Å². The molecule has 0 amide bonds. The molecule has 1 fully saturated rings. The van der Waals surface area contributed by atoms with Crippen LogP contribution in [0.3, 0.4) is 0 Å². The topological polar surface area (TPSA) is 82.5 Å².